The molecule has 1 saturated heterocycles. The van der Waals surface area contributed by atoms with Gasteiger partial charge in [0.15, 0.2) is 0 Å². The zero-order valence-electron chi connectivity index (χ0n) is 15.2. The molecule has 0 N–H and O–H groups in total. The van der Waals surface area contributed by atoms with Crippen molar-refractivity contribution < 1.29 is 9.53 Å². The van der Waals surface area contributed by atoms with Crippen LogP contribution in [0, 0.1) is 0 Å². The summed E-state index contributed by atoms with van der Waals surface area (Å²) in [7, 11) is 0. The first-order valence-corrected chi connectivity index (χ1v) is 11.2. The Morgan fingerprint density at radius 1 is 1.26 bits per heavy atom. The molecule has 1 fully saturated rings. The van der Waals surface area contributed by atoms with Crippen LogP contribution < -0.4 is 5.69 Å². The fourth-order valence-electron chi connectivity index (χ4n) is 3.62. The molecule has 4 rings (SSSR count). The third kappa shape index (κ3) is 4.28. The second-order valence-electron chi connectivity index (χ2n) is 6.78. The number of morpholine rings is 1. The fraction of sp³-hybridized carbons (Fsp3) is 0.526. The Balaban J connectivity index is 1.55. The van der Waals surface area contributed by atoms with Crippen LogP contribution in [-0.2, 0) is 28.9 Å². The highest BCUT2D eigenvalue weighted by Crippen LogP contribution is 2.29. The monoisotopic (exact) mass is 405 g/mol. The molecule has 2 aliphatic rings. The topological polar surface area (TPSA) is 64.4 Å². The number of thiophene rings is 1. The van der Waals surface area contributed by atoms with Gasteiger partial charge in [-0.2, -0.15) is 4.98 Å². The fourth-order valence-corrected chi connectivity index (χ4v) is 5.29. The summed E-state index contributed by atoms with van der Waals surface area (Å²) in [6, 6.07) is 4.06. The van der Waals surface area contributed by atoms with Crippen LogP contribution >= 0.6 is 23.1 Å². The van der Waals surface area contributed by atoms with E-state index in [2.05, 4.69) is 11.1 Å². The Morgan fingerprint density at radius 3 is 2.85 bits per heavy atom. The minimum Gasteiger partial charge on any atom is -0.378 e. The molecule has 3 heterocycles. The predicted octanol–water partition coefficient (Wildman–Crippen LogP) is 2.18. The summed E-state index contributed by atoms with van der Waals surface area (Å²) in [5.74, 6) is 0.422. The van der Waals surface area contributed by atoms with Crippen LogP contribution in [0.4, 0.5) is 0 Å². The van der Waals surface area contributed by atoms with Crippen molar-refractivity contribution in [2.75, 3.05) is 32.1 Å². The molecule has 1 aliphatic carbocycles. The van der Waals surface area contributed by atoms with E-state index in [1.807, 2.05) is 20.9 Å². The summed E-state index contributed by atoms with van der Waals surface area (Å²) >= 11 is 3.07. The second-order valence-corrected chi connectivity index (χ2v) is 8.78. The van der Waals surface area contributed by atoms with Crippen molar-refractivity contribution in [2.24, 2.45) is 0 Å². The van der Waals surface area contributed by atoms with Gasteiger partial charge in [-0.15, -0.1) is 11.3 Å². The lowest BCUT2D eigenvalue weighted by molar-refractivity contribution is -0.132. The highest BCUT2D eigenvalue weighted by Gasteiger charge is 2.23. The van der Waals surface area contributed by atoms with E-state index in [-0.39, 0.29) is 11.6 Å². The molecule has 0 atom stereocenters. The third-order valence-electron chi connectivity index (χ3n) is 5.04. The Labute approximate surface area is 166 Å². The van der Waals surface area contributed by atoms with Crippen molar-refractivity contribution in [3.8, 4) is 0 Å². The quantitative estimate of drug-likeness (QED) is 0.564. The van der Waals surface area contributed by atoms with Gasteiger partial charge in [0.1, 0.15) is 5.03 Å². The van der Waals surface area contributed by atoms with E-state index in [1.165, 1.54) is 11.8 Å². The summed E-state index contributed by atoms with van der Waals surface area (Å²) in [4.78, 5) is 32.5. The summed E-state index contributed by atoms with van der Waals surface area (Å²) in [6.45, 7) is 3.08. The molecule has 0 spiro atoms. The molecule has 2 aromatic heterocycles. The summed E-state index contributed by atoms with van der Waals surface area (Å²) in [6.07, 6.45) is 4.04. The molecule has 2 aromatic rings. The van der Waals surface area contributed by atoms with Gasteiger partial charge in [-0.3, -0.25) is 9.36 Å². The Kier molecular flexibility index (Phi) is 5.95. The third-order valence-corrected chi connectivity index (χ3v) is 6.90. The minimum atomic E-state index is -0.203. The van der Waals surface area contributed by atoms with Gasteiger partial charge in [0.05, 0.1) is 25.5 Å². The number of carbonyl (C=O) groups is 1. The molecule has 27 heavy (non-hydrogen) atoms. The Morgan fingerprint density at radius 2 is 2.07 bits per heavy atom. The summed E-state index contributed by atoms with van der Waals surface area (Å²) < 4.78 is 7.13. The van der Waals surface area contributed by atoms with Crippen molar-refractivity contribution in [3.63, 3.8) is 0 Å². The molecule has 0 radical (unpaired) electrons. The number of amides is 1. The van der Waals surface area contributed by atoms with Crippen molar-refractivity contribution in [1.29, 1.82) is 0 Å². The van der Waals surface area contributed by atoms with Crippen LogP contribution in [0.25, 0.3) is 0 Å². The smallest absolute Gasteiger partial charge is 0.349 e. The van der Waals surface area contributed by atoms with E-state index < -0.39 is 0 Å². The van der Waals surface area contributed by atoms with Crippen LogP contribution in [0.1, 0.15) is 29.0 Å². The van der Waals surface area contributed by atoms with Gasteiger partial charge in [-0.05, 0) is 37.1 Å². The van der Waals surface area contributed by atoms with Crippen LogP contribution in [0.15, 0.2) is 27.3 Å². The number of hydrogen-bond donors (Lipinski definition) is 0. The number of thioether (sulfide) groups is 1. The van der Waals surface area contributed by atoms with Gasteiger partial charge in [-0.25, -0.2) is 4.79 Å². The predicted molar refractivity (Wildman–Crippen MR) is 107 cm³/mol. The van der Waals surface area contributed by atoms with Crippen molar-refractivity contribution in [1.82, 2.24) is 14.5 Å². The van der Waals surface area contributed by atoms with Crippen LogP contribution in [-0.4, -0.2) is 52.4 Å². The summed E-state index contributed by atoms with van der Waals surface area (Å²) in [5.41, 5.74) is 2.07. The number of ether oxygens (including phenoxy) is 1. The van der Waals surface area contributed by atoms with Gasteiger partial charge in [0.25, 0.3) is 0 Å². The van der Waals surface area contributed by atoms with Crippen LogP contribution in [0.5, 0.6) is 0 Å². The standard InChI is InChI=1S/C19H23N3O3S2/c23-17(21-7-9-25-10-8-21)13-27-18-15-5-1-2-6-16(15)22(19(24)20-18)12-14-4-3-11-26-14/h3-4,11H,1-2,5-10,12-13H2. The highest BCUT2D eigenvalue weighted by molar-refractivity contribution is 7.99. The van der Waals surface area contributed by atoms with Crippen molar-refractivity contribution in [3.05, 3.63) is 44.1 Å². The number of rotatable bonds is 5. The largest absolute Gasteiger partial charge is 0.378 e. The van der Waals surface area contributed by atoms with Crippen LogP contribution in [0.2, 0.25) is 0 Å². The molecular weight excluding hydrogens is 382 g/mol. The zero-order chi connectivity index (χ0) is 18.6. The molecule has 1 aliphatic heterocycles. The number of hydrogen-bond acceptors (Lipinski definition) is 6. The van der Waals surface area contributed by atoms with Crippen molar-refractivity contribution >= 4 is 29.0 Å². The lowest BCUT2D eigenvalue weighted by Crippen LogP contribution is -2.41. The first-order chi connectivity index (χ1) is 13.2. The first kappa shape index (κ1) is 18.7. The van der Waals surface area contributed by atoms with E-state index in [0.717, 1.165) is 46.8 Å². The highest BCUT2D eigenvalue weighted by atomic mass is 32.2. The number of aromatic nitrogens is 2. The molecule has 1 amide bonds. The van der Waals surface area contributed by atoms with Gasteiger partial charge in [0.2, 0.25) is 5.91 Å². The van der Waals surface area contributed by atoms with Gasteiger partial charge in [0, 0.05) is 29.2 Å². The van der Waals surface area contributed by atoms with Gasteiger partial charge < -0.3 is 9.64 Å². The maximum absolute atomic E-state index is 12.7. The maximum atomic E-state index is 12.7. The molecule has 0 aromatic carbocycles. The molecule has 0 unspecified atom stereocenters. The molecule has 0 bridgehead atoms. The SMILES string of the molecule is O=C(CSc1nc(=O)n(Cc2cccs2)c2c1CCCC2)N1CCOCC1. The Hall–Kier alpha value is -1.64. The molecule has 0 saturated carbocycles. The van der Waals surface area contributed by atoms with E-state index in [1.54, 1.807) is 11.3 Å². The summed E-state index contributed by atoms with van der Waals surface area (Å²) in [5, 5.41) is 2.78. The normalized spacial score (nSPS) is 17.0. The maximum Gasteiger partial charge on any atom is 0.349 e. The number of fused-ring (bicyclic) bond motifs is 1. The lowest BCUT2D eigenvalue weighted by atomic mass is 9.97. The van der Waals surface area contributed by atoms with Crippen LogP contribution in [0.3, 0.4) is 0 Å². The van der Waals surface area contributed by atoms with Gasteiger partial charge >= 0.3 is 5.69 Å². The average Bonchev–Trinajstić information content (AvgIpc) is 3.22. The van der Waals surface area contributed by atoms with Gasteiger partial charge in [-0.1, -0.05) is 17.8 Å². The van der Waals surface area contributed by atoms with E-state index in [0.29, 0.717) is 38.6 Å². The van der Waals surface area contributed by atoms with E-state index in [9.17, 15) is 9.59 Å². The van der Waals surface area contributed by atoms with E-state index in [4.69, 9.17) is 4.74 Å². The second kappa shape index (κ2) is 8.58. The lowest BCUT2D eigenvalue weighted by Gasteiger charge is -2.27. The molecule has 8 heteroatoms. The average molecular weight is 406 g/mol. The molecular formula is C19H23N3O3S2. The molecule has 144 valence electrons. The first-order valence-electron chi connectivity index (χ1n) is 9.35. The Bertz CT molecular complexity index is 858. The minimum absolute atomic E-state index is 0.0948. The van der Waals surface area contributed by atoms with E-state index >= 15 is 0 Å². The van der Waals surface area contributed by atoms with Crippen molar-refractivity contribution in [2.45, 2.75) is 37.3 Å². The zero-order valence-corrected chi connectivity index (χ0v) is 16.8. The molecule has 6 nitrogen and oxygen atoms in total. The number of carbonyl (C=O) groups excluding carboxylic acids is 1. The number of nitrogens with zero attached hydrogens (tertiary/aromatic N) is 3.